The van der Waals surface area contributed by atoms with Crippen LogP contribution in [0.5, 0.6) is 0 Å². The molecule has 0 heterocycles. The van der Waals surface area contributed by atoms with E-state index in [0.29, 0.717) is 29.2 Å². The highest BCUT2D eigenvalue weighted by Crippen LogP contribution is 2.40. The summed E-state index contributed by atoms with van der Waals surface area (Å²) in [5.41, 5.74) is 12.1. The summed E-state index contributed by atoms with van der Waals surface area (Å²) in [6.07, 6.45) is -9.84. The lowest BCUT2D eigenvalue weighted by Crippen LogP contribution is -2.11. The highest BCUT2D eigenvalue weighted by atomic mass is 19.4. The number of anilines is 5. The first-order valence-electron chi connectivity index (χ1n) is 10.3. The first-order valence-corrected chi connectivity index (χ1v) is 10.3. The molecule has 0 fully saturated rings. The van der Waals surface area contributed by atoms with E-state index in [0.717, 1.165) is 11.4 Å². The summed E-state index contributed by atoms with van der Waals surface area (Å²) in [4.78, 5) is 1.86. The van der Waals surface area contributed by atoms with Crippen molar-refractivity contribution in [2.45, 2.75) is 12.4 Å². The van der Waals surface area contributed by atoms with Crippen LogP contribution in [0.1, 0.15) is 11.1 Å². The summed E-state index contributed by atoms with van der Waals surface area (Å²) in [7, 11) is 0. The van der Waals surface area contributed by atoms with E-state index in [9.17, 15) is 26.3 Å². The zero-order valence-corrected chi connectivity index (χ0v) is 18.0. The highest BCUT2D eigenvalue weighted by Gasteiger charge is 2.37. The molecule has 0 saturated carbocycles. The van der Waals surface area contributed by atoms with E-state index in [-0.39, 0.29) is 17.2 Å². The fraction of sp³-hybridized carbons (Fsp3) is 0.0769. The molecule has 0 unspecified atom stereocenters. The van der Waals surface area contributed by atoms with Crippen molar-refractivity contribution in [3.05, 3.63) is 102 Å². The molecule has 0 aliphatic heterocycles. The van der Waals surface area contributed by atoms with Crippen molar-refractivity contribution < 1.29 is 26.3 Å². The summed E-state index contributed by atoms with van der Waals surface area (Å²) in [6, 6.07) is 21.8. The number of halogens is 6. The molecule has 9 heteroatoms. The summed E-state index contributed by atoms with van der Waals surface area (Å²) in [5.74, 6) is 0. The van der Waals surface area contributed by atoms with Gasteiger partial charge in [-0.15, -0.1) is 0 Å². The van der Waals surface area contributed by atoms with E-state index in [1.54, 1.807) is 60.7 Å². The lowest BCUT2D eigenvalue weighted by molar-refractivity contribution is -0.143. The molecule has 0 bridgehead atoms. The van der Waals surface area contributed by atoms with Gasteiger partial charge in [-0.25, -0.2) is 0 Å². The molecule has 0 aliphatic rings. The Morgan fingerprint density at radius 2 is 0.800 bits per heavy atom. The van der Waals surface area contributed by atoms with Gasteiger partial charge in [-0.1, -0.05) is 12.1 Å². The summed E-state index contributed by atoms with van der Waals surface area (Å²) in [5, 5.41) is 0. The maximum atomic E-state index is 13.3. The average molecular weight is 487 g/mol. The molecule has 4 aromatic carbocycles. The molecule has 0 atom stereocenters. The van der Waals surface area contributed by atoms with Crippen molar-refractivity contribution in [1.82, 2.24) is 0 Å². The Hall–Kier alpha value is -4.14. The molecule has 3 nitrogen and oxygen atoms in total. The van der Waals surface area contributed by atoms with E-state index in [2.05, 4.69) is 0 Å². The SMILES string of the molecule is Nc1ccc(N(c2ccc(N)cc2)c2ccc(-c3cc(C(F)(F)F)cc(C(F)(F)F)c3)cc2)cc1. The van der Waals surface area contributed by atoms with Crippen LogP contribution in [0.4, 0.5) is 54.8 Å². The molecule has 35 heavy (non-hydrogen) atoms. The van der Waals surface area contributed by atoms with E-state index in [1.807, 2.05) is 4.90 Å². The number of benzene rings is 4. The van der Waals surface area contributed by atoms with Crippen LogP contribution in [0, 0.1) is 0 Å². The van der Waals surface area contributed by atoms with Gasteiger partial charge in [0.1, 0.15) is 0 Å². The number of nitrogen functional groups attached to an aromatic ring is 2. The minimum absolute atomic E-state index is 0.113. The van der Waals surface area contributed by atoms with Crippen LogP contribution in [0.25, 0.3) is 11.1 Å². The second kappa shape index (κ2) is 8.90. The maximum Gasteiger partial charge on any atom is 0.416 e. The minimum Gasteiger partial charge on any atom is -0.399 e. The number of hydrogen-bond donors (Lipinski definition) is 2. The van der Waals surface area contributed by atoms with Gasteiger partial charge in [0.15, 0.2) is 0 Å². The lowest BCUT2D eigenvalue weighted by Gasteiger charge is -2.26. The van der Waals surface area contributed by atoms with Gasteiger partial charge >= 0.3 is 12.4 Å². The van der Waals surface area contributed by atoms with E-state index in [1.165, 1.54) is 12.1 Å². The fourth-order valence-electron chi connectivity index (χ4n) is 3.62. The molecule has 0 amide bonds. The molecular weight excluding hydrogens is 468 g/mol. The number of nitrogens with two attached hydrogens (primary N) is 2. The number of hydrogen-bond acceptors (Lipinski definition) is 3. The number of nitrogens with zero attached hydrogens (tertiary/aromatic N) is 1. The van der Waals surface area contributed by atoms with Crippen molar-refractivity contribution in [2.75, 3.05) is 16.4 Å². The second-order valence-electron chi connectivity index (χ2n) is 7.86. The Kier molecular flexibility index (Phi) is 6.10. The molecule has 4 N–H and O–H groups in total. The third-order valence-corrected chi connectivity index (χ3v) is 5.35. The standard InChI is InChI=1S/C26H19F6N3/c27-25(28,29)18-13-17(14-19(15-18)26(30,31)32)16-1-7-22(8-2-16)35(23-9-3-20(33)4-10-23)24-11-5-21(34)6-12-24/h1-15H,33-34H2. The second-order valence-corrected chi connectivity index (χ2v) is 7.86. The molecule has 0 spiro atoms. The summed E-state index contributed by atoms with van der Waals surface area (Å²) in [6.45, 7) is 0. The molecule has 4 aromatic rings. The van der Waals surface area contributed by atoms with Crippen molar-refractivity contribution in [3.63, 3.8) is 0 Å². The Morgan fingerprint density at radius 3 is 1.14 bits per heavy atom. The van der Waals surface area contributed by atoms with Gasteiger partial charge in [-0.05, 0) is 90.0 Å². The topological polar surface area (TPSA) is 55.3 Å². The van der Waals surface area contributed by atoms with E-state index < -0.39 is 23.5 Å². The zero-order chi connectivity index (χ0) is 25.4. The predicted octanol–water partition coefficient (Wildman–Crippen LogP) is 8.03. The molecule has 180 valence electrons. The number of rotatable bonds is 4. The fourth-order valence-corrected chi connectivity index (χ4v) is 3.62. The minimum atomic E-state index is -4.92. The Balaban J connectivity index is 1.78. The van der Waals surface area contributed by atoms with Crippen molar-refractivity contribution in [1.29, 1.82) is 0 Å². The van der Waals surface area contributed by atoms with Gasteiger partial charge in [0.2, 0.25) is 0 Å². The van der Waals surface area contributed by atoms with Crippen molar-refractivity contribution in [3.8, 4) is 11.1 Å². The van der Waals surface area contributed by atoms with Crippen LogP contribution in [0.3, 0.4) is 0 Å². The first kappa shape index (κ1) is 24.0. The van der Waals surface area contributed by atoms with Gasteiger partial charge in [-0.2, -0.15) is 26.3 Å². The molecule has 0 radical (unpaired) electrons. The summed E-state index contributed by atoms with van der Waals surface area (Å²) >= 11 is 0. The van der Waals surface area contributed by atoms with Crippen LogP contribution in [0.15, 0.2) is 91.0 Å². The van der Waals surface area contributed by atoms with Gasteiger partial charge in [0, 0.05) is 28.4 Å². The van der Waals surface area contributed by atoms with Gasteiger partial charge in [0.05, 0.1) is 11.1 Å². The zero-order valence-electron chi connectivity index (χ0n) is 18.0. The van der Waals surface area contributed by atoms with Crippen LogP contribution >= 0.6 is 0 Å². The summed E-state index contributed by atoms with van der Waals surface area (Å²) < 4.78 is 79.6. The molecular formula is C26H19F6N3. The quantitative estimate of drug-likeness (QED) is 0.226. The van der Waals surface area contributed by atoms with E-state index >= 15 is 0 Å². The monoisotopic (exact) mass is 487 g/mol. The molecule has 0 aliphatic carbocycles. The van der Waals surface area contributed by atoms with E-state index in [4.69, 9.17) is 11.5 Å². The van der Waals surface area contributed by atoms with Crippen LogP contribution in [-0.4, -0.2) is 0 Å². The molecule has 4 rings (SSSR count). The largest absolute Gasteiger partial charge is 0.416 e. The van der Waals surface area contributed by atoms with Crippen molar-refractivity contribution >= 4 is 28.4 Å². The average Bonchev–Trinajstić information content (AvgIpc) is 2.81. The van der Waals surface area contributed by atoms with Crippen molar-refractivity contribution in [2.24, 2.45) is 0 Å². The molecule has 0 saturated heterocycles. The van der Waals surface area contributed by atoms with Gasteiger partial charge in [0.25, 0.3) is 0 Å². The Labute approximate surface area is 197 Å². The first-order chi connectivity index (χ1) is 16.4. The third-order valence-electron chi connectivity index (χ3n) is 5.35. The van der Waals surface area contributed by atoms with Gasteiger partial charge < -0.3 is 16.4 Å². The third kappa shape index (κ3) is 5.34. The predicted molar refractivity (Wildman–Crippen MR) is 125 cm³/mol. The lowest BCUT2D eigenvalue weighted by atomic mass is 9.98. The molecule has 0 aromatic heterocycles. The smallest absolute Gasteiger partial charge is 0.399 e. The highest BCUT2D eigenvalue weighted by molar-refractivity contribution is 5.79. The Bertz CT molecular complexity index is 1230. The normalized spacial score (nSPS) is 11.9. The Morgan fingerprint density at radius 1 is 0.457 bits per heavy atom. The maximum absolute atomic E-state index is 13.3. The number of alkyl halides is 6. The van der Waals surface area contributed by atoms with Crippen LogP contribution in [-0.2, 0) is 12.4 Å². The van der Waals surface area contributed by atoms with Crippen LogP contribution < -0.4 is 16.4 Å². The van der Waals surface area contributed by atoms with Crippen LogP contribution in [0.2, 0.25) is 0 Å². The van der Waals surface area contributed by atoms with Gasteiger partial charge in [-0.3, -0.25) is 0 Å².